The smallest absolute Gasteiger partial charge is 0.235 e. The fourth-order valence-corrected chi connectivity index (χ4v) is 3.93. The van der Waals surface area contributed by atoms with Gasteiger partial charge in [-0.2, -0.15) is 5.10 Å². The first-order chi connectivity index (χ1) is 13.9. The van der Waals surface area contributed by atoms with Crippen LogP contribution >= 0.6 is 11.6 Å². The molecule has 2 atom stereocenters. The molecular formula is C21H27ClN4O3. The van der Waals surface area contributed by atoms with Crippen LogP contribution in [0.5, 0.6) is 5.75 Å². The monoisotopic (exact) mass is 418 g/mol. The number of methoxy groups -OCH3 is 1. The number of hydrogen-bond donors (Lipinski definition) is 1. The van der Waals surface area contributed by atoms with Crippen molar-refractivity contribution in [2.75, 3.05) is 26.1 Å². The highest BCUT2D eigenvalue weighted by Gasteiger charge is 2.36. The van der Waals surface area contributed by atoms with Gasteiger partial charge in [0, 0.05) is 37.7 Å². The highest BCUT2D eigenvalue weighted by atomic mass is 35.5. The quantitative estimate of drug-likeness (QED) is 0.699. The summed E-state index contributed by atoms with van der Waals surface area (Å²) >= 11 is 5.68. The van der Waals surface area contributed by atoms with Crippen LogP contribution in [0.25, 0.3) is 0 Å². The predicted octanol–water partition coefficient (Wildman–Crippen LogP) is 2.25. The van der Waals surface area contributed by atoms with Crippen molar-refractivity contribution < 1.29 is 14.3 Å². The largest absolute Gasteiger partial charge is 0.497 e. The van der Waals surface area contributed by atoms with E-state index in [-0.39, 0.29) is 29.7 Å². The molecule has 2 aromatic rings. The number of halogens is 1. The van der Waals surface area contributed by atoms with E-state index in [9.17, 15) is 9.59 Å². The van der Waals surface area contributed by atoms with Crippen LogP contribution in [0, 0.1) is 13.8 Å². The molecule has 0 saturated carbocycles. The lowest BCUT2D eigenvalue weighted by Crippen LogP contribution is -2.41. The third-order valence-corrected chi connectivity index (χ3v) is 5.57. The van der Waals surface area contributed by atoms with E-state index in [0.717, 1.165) is 22.7 Å². The molecule has 1 fully saturated rings. The zero-order chi connectivity index (χ0) is 21.0. The first-order valence-electron chi connectivity index (χ1n) is 9.69. The lowest BCUT2D eigenvalue weighted by Gasteiger charge is -2.19. The number of aromatic nitrogens is 2. The molecule has 1 aliphatic rings. The second-order valence-corrected chi connectivity index (χ2v) is 7.65. The summed E-state index contributed by atoms with van der Waals surface area (Å²) in [5.74, 6) is 0.500. The maximum atomic E-state index is 12.8. The van der Waals surface area contributed by atoms with E-state index in [2.05, 4.69) is 10.4 Å². The van der Waals surface area contributed by atoms with Gasteiger partial charge in [0.1, 0.15) is 11.6 Å². The van der Waals surface area contributed by atoms with Crippen molar-refractivity contribution in [3.63, 3.8) is 0 Å². The van der Waals surface area contributed by atoms with Gasteiger partial charge in [-0.1, -0.05) is 12.1 Å². The molecule has 2 amide bonds. The van der Waals surface area contributed by atoms with Gasteiger partial charge >= 0.3 is 0 Å². The average molecular weight is 419 g/mol. The number of benzene rings is 1. The molecule has 0 aliphatic carbocycles. The lowest BCUT2D eigenvalue weighted by atomic mass is 9.94. The molecule has 3 rings (SSSR count). The van der Waals surface area contributed by atoms with Crippen LogP contribution in [-0.4, -0.2) is 58.6 Å². The highest BCUT2D eigenvalue weighted by Crippen LogP contribution is 2.29. The number of aryl methyl sites for hydroxylation is 3. The van der Waals surface area contributed by atoms with Crippen LogP contribution in [0.3, 0.4) is 0 Å². The molecule has 0 spiro atoms. The van der Waals surface area contributed by atoms with E-state index in [1.165, 1.54) is 0 Å². The van der Waals surface area contributed by atoms with Gasteiger partial charge in [-0.3, -0.25) is 14.3 Å². The third kappa shape index (κ3) is 5.09. The van der Waals surface area contributed by atoms with Crippen molar-refractivity contribution in [2.45, 2.75) is 38.8 Å². The Morgan fingerprint density at radius 2 is 1.97 bits per heavy atom. The topological polar surface area (TPSA) is 76.5 Å². The minimum Gasteiger partial charge on any atom is -0.497 e. The fourth-order valence-electron chi connectivity index (χ4n) is 3.85. The van der Waals surface area contributed by atoms with Gasteiger partial charge in [-0.15, -0.1) is 11.6 Å². The molecule has 0 unspecified atom stereocenters. The maximum Gasteiger partial charge on any atom is 0.235 e. The van der Waals surface area contributed by atoms with Crippen molar-refractivity contribution in [3.05, 3.63) is 47.3 Å². The van der Waals surface area contributed by atoms with Crippen molar-refractivity contribution in [2.24, 2.45) is 0 Å². The van der Waals surface area contributed by atoms with Crippen LogP contribution in [0.15, 0.2) is 30.3 Å². The summed E-state index contributed by atoms with van der Waals surface area (Å²) in [7, 11) is 1.62. The number of carbonyl (C=O) groups excluding carboxylic acids is 2. The normalized spacial score (nSPS) is 18.7. The van der Waals surface area contributed by atoms with Gasteiger partial charge in [-0.05, 0) is 37.6 Å². The molecule has 0 radical (unpaired) electrons. The Balaban J connectivity index is 1.70. The highest BCUT2D eigenvalue weighted by molar-refractivity contribution is 6.27. The molecule has 1 aromatic heterocycles. The van der Waals surface area contributed by atoms with Gasteiger partial charge in [0.2, 0.25) is 11.8 Å². The number of nitrogens with one attached hydrogen (secondary N) is 1. The van der Waals surface area contributed by atoms with Crippen LogP contribution in [0.1, 0.15) is 29.3 Å². The summed E-state index contributed by atoms with van der Waals surface area (Å²) < 4.78 is 7.08. The molecular weight excluding hydrogens is 392 g/mol. The first-order valence-corrected chi connectivity index (χ1v) is 10.2. The van der Waals surface area contributed by atoms with Gasteiger partial charge in [0.25, 0.3) is 0 Å². The summed E-state index contributed by atoms with van der Waals surface area (Å²) in [5, 5.41) is 7.38. The Labute approximate surface area is 176 Å². The first kappa shape index (κ1) is 21.2. The zero-order valence-corrected chi connectivity index (χ0v) is 17.8. The molecule has 7 nitrogen and oxygen atoms in total. The van der Waals surface area contributed by atoms with Gasteiger partial charge < -0.3 is 15.0 Å². The summed E-state index contributed by atoms with van der Waals surface area (Å²) in [6.07, 6.45) is 0.369. The Hall–Kier alpha value is -2.54. The summed E-state index contributed by atoms with van der Waals surface area (Å²) in [6, 6.07) is 9.57. The molecule has 8 heteroatoms. The van der Waals surface area contributed by atoms with Crippen molar-refractivity contribution in [1.29, 1.82) is 0 Å². The number of rotatable bonds is 7. The minimum absolute atomic E-state index is 0.00528. The molecule has 1 aliphatic heterocycles. The summed E-state index contributed by atoms with van der Waals surface area (Å²) in [6.45, 7) is 5.48. The van der Waals surface area contributed by atoms with E-state index in [1.807, 2.05) is 53.8 Å². The molecule has 0 bridgehead atoms. The van der Waals surface area contributed by atoms with Gasteiger partial charge in [0.15, 0.2) is 0 Å². The molecule has 1 N–H and O–H groups in total. The maximum absolute atomic E-state index is 12.8. The summed E-state index contributed by atoms with van der Waals surface area (Å²) in [5.41, 5.74) is 3.04. The Morgan fingerprint density at radius 3 is 2.55 bits per heavy atom. The van der Waals surface area contributed by atoms with Crippen molar-refractivity contribution >= 4 is 23.4 Å². The van der Waals surface area contributed by atoms with E-state index in [0.29, 0.717) is 26.1 Å². The predicted molar refractivity (Wildman–Crippen MR) is 111 cm³/mol. The summed E-state index contributed by atoms with van der Waals surface area (Å²) in [4.78, 5) is 26.6. The second kappa shape index (κ2) is 9.31. The molecule has 1 aromatic carbocycles. The zero-order valence-electron chi connectivity index (χ0n) is 17.0. The Kier molecular flexibility index (Phi) is 6.79. The van der Waals surface area contributed by atoms with Crippen LogP contribution < -0.4 is 10.1 Å². The van der Waals surface area contributed by atoms with E-state index in [1.54, 1.807) is 7.11 Å². The number of ether oxygens (including phenoxy) is 1. The van der Waals surface area contributed by atoms with Crippen LogP contribution in [0.2, 0.25) is 0 Å². The molecule has 156 valence electrons. The number of nitrogens with zero attached hydrogens (tertiary/aromatic N) is 3. The van der Waals surface area contributed by atoms with Crippen molar-refractivity contribution in [3.8, 4) is 5.75 Å². The number of likely N-dealkylation sites (tertiary alicyclic amines) is 1. The number of hydrogen-bond acceptors (Lipinski definition) is 4. The third-order valence-electron chi connectivity index (χ3n) is 5.33. The van der Waals surface area contributed by atoms with Gasteiger partial charge in [-0.25, -0.2) is 0 Å². The Morgan fingerprint density at radius 1 is 1.24 bits per heavy atom. The molecule has 29 heavy (non-hydrogen) atoms. The number of carbonyl (C=O) groups is 2. The van der Waals surface area contributed by atoms with Crippen LogP contribution in [0.4, 0.5) is 0 Å². The SMILES string of the molecule is COc1ccc([C@@H]2CN(C(=O)CCn3nc(C)cc3C)C[C@H]2NC(=O)CCl)cc1. The molecule has 1 saturated heterocycles. The van der Waals surface area contributed by atoms with E-state index >= 15 is 0 Å². The molecule has 2 heterocycles. The van der Waals surface area contributed by atoms with Crippen LogP contribution in [-0.2, 0) is 16.1 Å². The Bertz CT molecular complexity index is 865. The standard InChI is InChI=1S/C21H27ClN4O3/c1-14-10-15(2)26(24-14)9-8-21(28)25-12-18(19(13-25)23-20(27)11-22)16-4-6-17(29-3)7-5-16/h4-7,10,18-19H,8-9,11-13H2,1-3H3,(H,23,27)/t18-,19+/m0/s1. The fraction of sp³-hybridized carbons (Fsp3) is 0.476. The second-order valence-electron chi connectivity index (χ2n) is 7.39. The van der Waals surface area contributed by atoms with Crippen molar-refractivity contribution in [1.82, 2.24) is 20.0 Å². The number of alkyl halides is 1. The van der Waals surface area contributed by atoms with E-state index in [4.69, 9.17) is 16.3 Å². The lowest BCUT2D eigenvalue weighted by molar-refractivity contribution is -0.130. The van der Waals surface area contributed by atoms with Gasteiger partial charge in [0.05, 0.1) is 18.8 Å². The number of amides is 2. The minimum atomic E-state index is -0.230. The van der Waals surface area contributed by atoms with E-state index < -0.39 is 0 Å². The average Bonchev–Trinajstić information content (AvgIpc) is 3.28.